The summed E-state index contributed by atoms with van der Waals surface area (Å²) in [6.07, 6.45) is 0. The van der Waals surface area contributed by atoms with Crippen LogP contribution in [0, 0.1) is 6.92 Å². The van der Waals surface area contributed by atoms with Gasteiger partial charge < -0.3 is 24.4 Å². The Morgan fingerprint density at radius 2 is 1.94 bits per heavy atom. The summed E-state index contributed by atoms with van der Waals surface area (Å²) in [5, 5.41) is 12.3. The van der Waals surface area contributed by atoms with Crippen molar-refractivity contribution in [1.29, 1.82) is 0 Å². The van der Waals surface area contributed by atoms with Crippen LogP contribution in [0.5, 0.6) is 11.5 Å². The number of ether oxygens (including phenoxy) is 3. The van der Waals surface area contributed by atoms with E-state index >= 15 is 0 Å². The summed E-state index contributed by atoms with van der Waals surface area (Å²) in [5.74, 6) is 2.13. The van der Waals surface area contributed by atoms with Crippen molar-refractivity contribution in [3.8, 4) is 17.2 Å². The summed E-state index contributed by atoms with van der Waals surface area (Å²) in [7, 11) is 0. The monoisotopic (exact) mass is 481 g/mol. The van der Waals surface area contributed by atoms with Gasteiger partial charge in [-0.05, 0) is 49.2 Å². The number of morpholine rings is 1. The minimum atomic E-state index is -0.362. The Balaban J connectivity index is 1.31. The van der Waals surface area contributed by atoms with Crippen LogP contribution in [0.25, 0.3) is 5.69 Å². The van der Waals surface area contributed by atoms with Crippen molar-refractivity contribution in [3.05, 3.63) is 53.6 Å². The highest BCUT2D eigenvalue weighted by atomic mass is 32.2. The first-order valence-electron chi connectivity index (χ1n) is 11.3. The van der Waals surface area contributed by atoms with Crippen molar-refractivity contribution in [3.63, 3.8) is 0 Å². The molecule has 34 heavy (non-hydrogen) atoms. The summed E-state index contributed by atoms with van der Waals surface area (Å²) in [6, 6.07) is 13.9. The van der Waals surface area contributed by atoms with Gasteiger partial charge in [0.15, 0.2) is 16.7 Å². The number of hydrogen-bond acceptors (Lipinski definition) is 8. The van der Waals surface area contributed by atoms with Gasteiger partial charge in [0.2, 0.25) is 18.6 Å². The highest BCUT2D eigenvalue weighted by Gasteiger charge is 2.25. The first-order chi connectivity index (χ1) is 16.6. The van der Waals surface area contributed by atoms with Crippen molar-refractivity contribution in [2.24, 2.45) is 0 Å². The number of amides is 1. The van der Waals surface area contributed by atoms with E-state index in [1.807, 2.05) is 41.8 Å². The molecule has 0 spiro atoms. The number of nitrogens with zero attached hydrogens (tertiary/aromatic N) is 4. The summed E-state index contributed by atoms with van der Waals surface area (Å²) in [6.45, 7) is 7.38. The summed E-state index contributed by atoms with van der Waals surface area (Å²) >= 11 is 1.39. The van der Waals surface area contributed by atoms with Gasteiger partial charge in [-0.25, -0.2) is 0 Å². The molecular weight excluding hydrogens is 454 g/mol. The van der Waals surface area contributed by atoms with Crippen LogP contribution in [-0.4, -0.2) is 59.0 Å². The molecule has 0 radical (unpaired) electrons. The summed E-state index contributed by atoms with van der Waals surface area (Å²) in [5.41, 5.74) is 3.07. The number of aromatic nitrogens is 3. The zero-order valence-electron chi connectivity index (χ0n) is 19.2. The van der Waals surface area contributed by atoms with E-state index in [0.29, 0.717) is 30.7 Å². The molecule has 1 unspecified atom stereocenters. The Morgan fingerprint density at radius 1 is 1.12 bits per heavy atom. The van der Waals surface area contributed by atoms with Crippen molar-refractivity contribution in [2.45, 2.75) is 30.8 Å². The van der Waals surface area contributed by atoms with Gasteiger partial charge in [0.05, 0.1) is 24.2 Å². The number of rotatable bonds is 7. The van der Waals surface area contributed by atoms with Crippen LogP contribution in [0.3, 0.4) is 0 Å². The average Bonchev–Trinajstić information content (AvgIpc) is 3.49. The fourth-order valence-corrected chi connectivity index (χ4v) is 4.78. The van der Waals surface area contributed by atoms with E-state index < -0.39 is 0 Å². The Labute approximate surface area is 202 Å². The first kappa shape index (κ1) is 22.5. The number of carbonyl (C=O) groups is 1. The third-order valence-corrected chi connectivity index (χ3v) is 6.77. The van der Waals surface area contributed by atoms with Crippen molar-refractivity contribution >= 4 is 23.6 Å². The maximum atomic E-state index is 12.9. The summed E-state index contributed by atoms with van der Waals surface area (Å²) < 4.78 is 18.3. The molecule has 2 aromatic carbocycles. The third kappa shape index (κ3) is 4.83. The number of nitrogens with one attached hydrogen (secondary N) is 1. The third-order valence-electron chi connectivity index (χ3n) is 5.73. The van der Waals surface area contributed by atoms with Crippen LogP contribution in [0.2, 0.25) is 0 Å². The molecule has 2 aliphatic heterocycles. The Bertz CT molecular complexity index is 1180. The van der Waals surface area contributed by atoms with Gasteiger partial charge in [-0.2, -0.15) is 0 Å². The van der Waals surface area contributed by atoms with Crippen molar-refractivity contribution in [2.75, 3.05) is 38.0 Å². The lowest BCUT2D eigenvalue weighted by Gasteiger charge is -2.28. The van der Waals surface area contributed by atoms with Gasteiger partial charge in [0.1, 0.15) is 0 Å². The molecule has 1 amide bonds. The number of fused-ring (bicyclic) bond motifs is 1. The van der Waals surface area contributed by atoms with E-state index in [1.54, 1.807) is 0 Å². The number of aryl methyl sites for hydroxylation is 1. The van der Waals surface area contributed by atoms with Gasteiger partial charge in [-0.3, -0.25) is 9.36 Å². The summed E-state index contributed by atoms with van der Waals surface area (Å²) in [4.78, 5) is 15.1. The maximum Gasteiger partial charge on any atom is 0.233 e. The predicted molar refractivity (Wildman–Crippen MR) is 129 cm³/mol. The minimum Gasteiger partial charge on any atom is -0.454 e. The van der Waals surface area contributed by atoms with Crippen LogP contribution in [-0.2, 0) is 16.1 Å². The van der Waals surface area contributed by atoms with E-state index in [4.69, 9.17) is 14.2 Å². The molecule has 0 saturated carbocycles. The van der Waals surface area contributed by atoms with Gasteiger partial charge in [0, 0.05) is 19.6 Å². The number of carbonyl (C=O) groups excluding carboxylic acids is 1. The molecule has 0 bridgehead atoms. The average molecular weight is 482 g/mol. The standard InChI is InChI=1S/C24H27N5O4S/c1-16-4-3-5-19(12-16)29-23(28-8-10-31-11-9-28)26-27-24(29)34-17(2)22(30)25-14-18-6-7-20-21(13-18)33-15-32-20/h3-7,12-13,17H,8-11,14-15H2,1-2H3,(H,25,30). The SMILES string of the molecule is Cc1cccc(-n2c(SC(C)C(=O)NCc3ccc4c(c3)OCO4)nnc2N2CCOCC2)c1. The Kier molecular flexibility index (Phi) is 6.59. The molecule has 1 aromatic heterocycles. The molecule has 1 fully saturated rings. The first-order valence-corrected chi connectivity index (χ1v) is 12.1. The quantitative estimate of drug-likeness (QED) is 0.515. The maximum absolute atomic E-state index is 12.9. The zero-order valence-corrected chi connectivity index (χ0v) is 20.0. The van der Waals surface area contributed by atoms with E-state index in [1.165, 1.54) is 11.8 Å². The largest absolute Gasteiger partial charge is 0.454 e. The van der Waals surface area contributed by atoms with E-state index in [2.05, 4.69) is 39.5 Å². The fourth-order valence-electron chi connectivity index (χ4n) is 3.90. The van der Waals surface area contributed by atoms with Gasteiger partial charge in [-0.15, -0.1) is 10.2 Å². The van der Waals surface area contributed by atoms with Gasteiger partial charge in [0.25, 0.3) is 0 Å². The zero-order chi connectivity index (χ0) is 23.5. The van der Waals surface area contributed by atoms with Crippen LogP contribution in [0.1, 0.15) is 18.1 Å². The van der Waals surface area contributed by atoms with Crippen LogP contribution < -0.4 is 19.7 Å². The molecule has 1 atom stereocenters. The number of hydrogen-bond donors (Lipinski definition) is 1. The van der Waals surface area contributed by atoms with E-state index in [0.717, 1.165) is 41.6 Å². The number of anilines is 1. The molecule has 1 saturated heterocycles. The molecule has 0 aliphatic carbocycles. The van der Waals surface area contributed by atoms with Crippen molar-refractivity contribution < 1.29 is 19.0 Å². The molecule has 1 N–H and O–H groups in total. The Hall–Kier alpha value is -3.24. The molecule has 5 rings (SSSR count). The highest BCUT2D eigenvalue weighted by molar-refractivity contribution is 8.00. The molecular formula is C24H27N5O4S. The molecule has 178 valence electrons. The molecule has 9 nitrogen and oxygen atoms in total. The van der Waals surface area contributed by atoms with Crippen LogP contribution in [0.4, 0.5) is 5.95 Å². The van der Waals surface area contributed by atoms with Crippen LogP contribution in [0.15, 0.2) is 47.6 Å². The second kappa shape index (κ2) is 9.94. The highest BCUT2D eigenvalue weighted by Crippen LogP contribution is 2.33. The normalized spacial score (nSPS) is 15.9. The van der Waals surface area contributed by atoms with Gasteiger partial charge in [-0.1, -0.05) is 30.0 Å². The minimum absolute atomic E-state index is 0.0746. The van der Waals surface area contributed by atoms with E-state index in [9.17, 15) is 4.79 Å². The van der Waals surface area contributed by atoms with Crippen molar-refractivity contribution in [1.82, 2.24) is 20.1 Å². The molecule has 2 aliphatic rings. The number of benzene rings is 2. The Morgan fingerprint density at radius 3 is 2.76 bits per heavy atom. The molecule has 10 heteroatoms. The smallest absolute Gasteiger partial charge is 0.233 e. The molecule has 3 aromatic rings. The van der Waals surface area contributed by atoms with Crippen LogP contribution >= 0.6 is 11.8 Å². The second-order valence-corrected chi connectivity index (χ2v) is 9.53. The lowest BCUT2D eigenvalue weighted by atomic mass is 10.2. The topological polar surface area (TPSA) is 90.7 Å². The fraction of sp³-hybridized carbons (Fsp3) is 0.375. The predicted octanol–water partition coefficient (Wildman–Crippen LogP) is 2.94. The number of thioether (sulfide) groups is 1. The lowest BCUT2D eigenvalue weighted by Crippen LogP contribution is -2.38. The molecule has 3 heterocycles. The lowest BCUT2D eigenvalue weighted by molar-refractivity contribution is -0.120. The second-order valence-electron chi connectivity index (χ2n) is 8.22. The van der Waals surface area contributed by atoms with E-state index in [-0.39, 0.29) is 18.0 Å². The van der Waals surface area contributed by atoms with Gasteiger partial charge >= 0.3 is 0 Å².